The molecule has 0 saturated heterocycles. The number of rotatable bonds is 10. The van der Waals surface area contributed by atoms with Gasteiger partial charge in [-0.3, -0.25) is 0 Å². The largest absolute Gasteiger partial charge is 0.396 e. The van der Waals surface area contributed by atoms with Gasteiger partial charge in [-0.2, -0.15) is 29.9 Å². The lowest BCUT2D eigenvalue weighted by molar-refractivity contribution is 0.0436. The Morgan fingerprint density at radius 1 is 0.486 bits per heavy atom. The van der Waals surface area contributed by atoms with Gasteiger partial charge in [-0.15, -0.1) is 12.4 Å². The van der Waals surface area contributed by atoms with Gasteiger partial charge in [-0.05, 0) is 89.6 Å². The van der Waals surface area contributed by atoms with Gasteiger partial charge >= 0.3 is 0 Å². The average molecular weight is 1120 g/mol. The highest BCUT2D eigenvalue weighted by atomic mass is 35.5. The molecule has 16 atom stereocenters. The van der Waals surface area contributed by atoms with Crippen molar-refractivity contribution in [1.29, 1.82) is 0 Å². The highest BCUT2D eigenvalue weighted by Crippen LogP contribution is 2.34. The SMILES string of the molecule is CC[C@H]1C[C@@H](Nc2ncncn2)[C@H](F)[C@@H]1O.Cl.Clc1nc(Cl)nc(Cl)n1.N[C@@H]1C[C@H](CO)[C@@H](O)[C@H]1F.OC[C@H]1C[C@@H](Nc2nc(Cl)nc(Cl)n2)[C@H](F)[C@@H]1O.OC[C@H]1C[C@@H](Nc2ncncn2)[C@H](F)[C@@H]1O. The fourth-order valence-corrected chi connectivity index (χ4v) is 8.58. The third-order valence-corrected chi connectivity index (χ3v) is 12.2. The summed E-state index contributed by atoms with van der Waals surface area (Å²) < 4.78 is 53.7. The quantitative estimate of drug-likeness (QED) is 0.101. The second-order valence-corrected chi connectivity index (χ2v) is 17.5. The number of aromatic nitrogens is 12. The molecular weight excluding hydrogens is 1070 g/mol. The van der Waals surface area contributed by atoms with Crippen LogP contribution in [0.15, 0.2) is 25.3 Å². The molecule has 0 bridgehead atoms. The lowest BCUT2D eigenvalue weighted by Gasteiger charge is -2.15. The van der Waals surface area contributed by atoms with E-state index in [2.05, 4.69) is 75.8 Å². The Labute approximate surface area is 428 Å². The lowest BCUT2D eigenvalue weighted by atomic mass is 10.0. The minimum absolute atomic E-state index is 0. The molecule has 12 N–H and O–H groups in total. The van der Waals surface area contributed by atoms with Gasteiger partial charge in [0.1, 0.15) is 50.0 Å². The van der Waals surface area contributed by atoms with Crippen molar-refractivity contribution in [1.82, 2.24) is 59.8 Å². The molecule has 4 aromatic rings. The van der Waals surface area contributed by atoms with Crippen LogP contribution in [0.25, 0.3) is 0 Å². The molecule has 4 aliphatic carbocycles. The zero-order valence-electron chi connectivity index (χ0n) is 36.6. The third-order valence-electron chi connectivity index (χ3n) is 11.3. The zero-order valence-corrected chi connectivity index (χ0v) is 41.2. The Morgan fingerprint density at radius 3 is 1.04 bits per heavy atom. The molecule has 0 radical (unpaired) electrons. The standard InChI is InChI=1S/C10H15FN4O.C9H11Cl2FN4O2.C9H13FN4O2.C6H12FNO2.C3Cl3N3.ClH/c1-2-6-3-7(8(11)9(6)16)15-10-13-4-12-5-14-10;10-7-14-8(11)16-9(15-7)13-4-1-3(2-17)6(18)5(4)12;10-7-6(1-5(2-15)8(7)16)14-9-12-3-11-4-13-9;7-5-4(8)1-3(2-9)6(5)10;4-1-7-2(5)9-3(6)8-1;/h4-9,16H,2-3H2,1H3,(H,12,13,14,15);3-6,17-18H,1-2H2,(H,13,14,15,16);3-8,15-16H,1-2H2,(H,11,12,13,14);3-6,9-10H,1-2,8H2;;1H/t6-,7+,8-,9+;3-,4-,5+,6-;5-,6-,7+,8-;3-,4-,5+,6-;;/m0111../s1. The molecule has 70 heavy (non-hydrogen) atoms. The molecule has 4 aliphatic rings. The van der Waals surface area contributed by atoms with E-state index in [1.165, 1.54) is 25.3 Å². The van der Waals surface area contributed by atoms with E-state index >= 15 is 0 Å². The van der Waals surface area contributed by atoms with E-state index in [9.17, 15) is 32.9 Å². The van der Waals surface area contributed by atoms with E-state index in [-0.39, 0.29) is 88.8 Å². The first-order valence-corrected chi connectivity index (χ1v) is 22.9. The van der Waals surface area contributed by atoms with E-state index in [1.807, 2.05) is 6.92 Å². The Balaban J connectivity index is 0.000000236. The molecule has 4 saturated carbocycles. The zero-order chi connectivity index (χ0) is 50.9. The van der Waals surface area contributed by atoms with Crippen LogP contribution in [0.5, 0.6) is 0 Å². The summed E-state index contributed by atoms with van der Waals surface area (Å²) in [5, 5.41) is 72.3. The van der Waals surface area contributed by atoms with Crippen molar-refractivity contribution < 1.29 is 53.3 Å². The average Bonchev–Trinajstić information content (AvgIpc) is 3.95. The van der Waals surface area contributed by atoms with E-state index in [0.29, 0.717) is 25.2 Å². The molecule has 4 heterocycles. The first-order valence-electron chi connectivity index (χ1n) is 21.0. The van der Waals surface area contributed by atoms with Crippen LogP contribution in [0.3, 0.4) is 0 Å². The van der Waals surface area contributed by atoms with Crippen molar-refractivity contribution in [2.75, 3.05) is 35.8 Å². The molecule has 0 amide bonds. The van der Waals surface area contributed by atoms with Crippen molar-refractivity contribution in [3.63, 3.8) is 0 Å². The van der Waals surface area contributed by atoms with Crippen molar-refractivity contribution >= 4 is 88.3 Å². The number of halogens is 10. The smallest absolute Gasteiger partial charge is 0.228 e. The first kappa shape index (κ1) is 60.9. The number of hydrogen-bond donors (Lipinski definition) is 11. The Hall–Kier alpha value is -3.42. The van der Waals surface area contributed by atoms with Gasteiger partial charge in [0.2, 0.25) is 44.3 Å². The summed E-state index contributed by atoms with van der Waals surface area (Å²) in [4.78, 5) is 44.1. The van der Waals surface area contributed by atoms with Crippen molar-refractivity contribution in [2.45, 2.75) is 112 Å². The van der Waals surface area contributed by atoms with Crippen LogP contribution in [0.4, 0.5) is 35.4 Å². The maximum Gasteiger partial charge on any atom is 0.228 e. The van der Waals surface area contributed by atoms with Crippen molar-refractivity contribution in [2.24, 2.45) is 29.4 Å². The predicted octanol–water partition coefficient (Wildman–Crippen LogP) is 2.09. The normalized spacial score (nSPS) is 31.7. The number of aliphatic hydroxyl groups excluding tert-OH is 7. The van der Waals surface area contributed by atoms with E-state index < -0.39 is 85.1 Å². The highest BCUT2D eigenvalue weighted by molar-refractivity contribution is 6.33. The summed E-state index contributed by atoms with van der Waals surface area (Å²) in [6.45, 7) is 1.26. The van der Waals surface area contributed by atoms with Gasteiger partial charge in [0.15, 0.2) is 0 Å². The van der Waals surface area contributed by atoms with Gasteiger partial charge in [-0.1, -0.05) is 13.3 Å². The topological polar surface area (TPSA) is 358 Å². The van der Waals surface area contributed by atoms with Crippen LogP contribution in [-0.4, -0.2) is 189 Å². The van der Waals surface area contributed by atoms with Crippen LogP contribution in [0.1, 0.15) is 39.0 Å². The maximum absolute atomic E-state index is 13.7. The van der Waals surface area contributed by atoms with Gasteiger partial charge < -0.3 is 57.4 Å². The predicted molar refractivity (Wildman–Crippen MR) is 249 cm³/mol. The van der Waals surface area contributed by atoms with Crippen LogP contribution >= 0.6 is 70.4 Å². The molecular formula is C37H52Cl6F4N16O7. The molecule has 4 aromatic heterocycles. The summed E-state index contributed by atoms with van der Waals surface area (Å²) in [5.41, 5.74) is 5.29. The van der Waals surface area contributed by atoms with Gasteiger partial charge in [0.05, 0.1) is 42.5 Å². The lowest BCUT2D eigenvalue weighted by Crippen LogP contribution is -2.32. The monoisotopic (exact) mass is 1120 g/mol. The first-order chi connectivity index (χ1) is 32.8. The summed E-state index contributed by atoms with van der Waals surface area (Å²) in [6.07, 6.45) is -2.19. The number of anilines is 3. The number of alkyl halides is 4. The van der Waals surface area contributed by atoms with E-state index in [1.54, 1.807) is 0 Å². The molecule has 0 aliphatic heterocycles. The Morgan fingerprint density at radius 2 is 0.771 bits per heavy atom. The Bertz CT molecular complexity index is 2000. The molecule has 0 unspecified atom stereocenters. The maximum atomic E-state index is 13.7. The number of nitrogens with one attached hydrogen (secondary N) is 3. The Kier molecular flexibility index (Phi) is 26.0. The highest BCUT2D eigenvalue weighted by Gasteiger charge is 2.45. The minimum atomic E-state index is -1.52. The minimum Gasteiger partial charge on any atom is -0.396 e. The fraction of sp³-hybridized carbons (Fsp3) is 0.676. The number of nitrogens with two attached hydrogens (primary N) is 1. The fourth-order valence-electron chi connectivity index (χ4n) is 7.60. The molecule has 8 rings (SSSR count). The second kappa shape index (κ2) is 29.9. The van der Waals surface area contributed by atoms with E-state index in [0.717, 1.165) is 6.42 Å². The molecule has 23 nitrogen and oxygen atoms in total. The summed E-state index contributed by atoms with van der Waals surface area (Å²) in [7, 11) is 0. The van der Waals surface area contributed by atoms with Crippen molar-refractivity contribution in [3.05, 3.63) is 51.7 Å². The summed E-state index contributed by atoms with van der Waals surface area (Å²) >= 11 is 27.1. The van der Waals surface area contributed by atoms with Gasteiger partial charge in [0.25, 0.3) is 0 Å². The molecule has 0 aromatic carbocycles. The van der Waals surface area contributed by atoms with Crippen LogP contribution in [0.2, 0.25) is 26.4 Å². The van der Waals surface area contributed by atoms with Gasteiger partial charge in [-0.25, -0.2) is 47.5 Å². The van der Waals surface area contributed by atoms with Crippen LogP contribution in [-0.2, 0) is 0 Å². The molecule has 0 spiro atoms. The molecule has 4 fully saturated rings. The van der Waals surface area contributed by atoms with E-state index in [4.69, 9.17) is 84.2 Å². The molecule has 392 valence electrons. The van der Waals surface area contributed by atoms with Gasteiger partial charge in [0, 0.05) is 43.6 Å². The molecule has 33 heteroatoms. The number of aliphatic hydroxyl groups is 7. The van der Waals surface area contributed by atoms with Crippen LogP contribution < -0.4 is 21.7 Å². The third kappa shape index (κ3) is 18.0. The van der Waals surface area contributed by atoms with Crippen molar-refractivity contribution in [3.8, 4) is 0 Å². The summed E-state index contributed by atoms with van der Waals surface area (Å²) in [5.74, 6) is -0.641. The van der Waals surface area contributed by atoms with Crippen LogP contribution in [0, 0.1) is 23.7 Å². The second-order valence-electron chi connectivity index (χ2n) is 15.9. The summed E-state index contributed by atoms with van der Waals surface area (Å²) in [6, 6.07) is -2.30. The number of nitrogens with zero attached hydrogens (tertiary/aromatic N) is 12. The number of hydrogen-bond acceptors (Lipinski definition) is 23.